The van der Waals surface area contributed by atoms with Gasteiger partial charge in [0.1, 0.15) is 11.1 Å². The predicted octanol–water partition coefficient (Wildman–Crippen LogP) is 5.96. The van der Waals surface area contributed by atoms with Gasteiger partial charge in [0.25, 0.3) is 17.3 Å². The van der Waals surface area contributed by atoms with E-state index in [0.717, 1.165) is 11.1 Å². The number of carbonyl (C=O) groups is 2. The number of nitrogens with one attached hydrogen (secondary N) is 1. The molecule has 0 unspecified atom stereocenters. The lowest BCUT2D eigenvalue weighted by atomic mass is 9.86. The first-order valence-electron chi connectivity index (χ1n) is 16.0. The van der Waals surface area contributed by atoms with Gasteiger partial charge >= 0.3 is 5.97 Å². The molecule has 0 fully saturated rings. The molecule has 0 aliphatic heterocycles. The Labute approximate surface area is 288 Å². The third-order valence-electron chi connectivity index (χ3n) is 6.63. The molecule has 276 valence electrons. The van der Waals surface area contributed by atoms with Gasteiger partial charge in [-0.25, -0.2) is 4.79 Å². The molecular formula is C34H54N4O11. The first-order valence-corrected chi connectivity index (χ1v) is 16.0. The van der Waals surface area contributed by atoms with Gasteiger partial charge in [0.2, 0.25) is 0 Å². The number of amides is 1. The zero-order chi connectivity index (χ0) is 37.9. The van der Waals surface area contributed by atoms with Crippen molar-refractivity contribution < 1.29 is 43.5 Å². The number of nitrogens with zero attached hydrogens (tertiary/aromatic N) is 2. The third kappa shape index (κ3) is 16.3. The van der Waals surface area contributed by atoms with Crippen molar-refractivity contribution in [1.29, 1.82) is 0 Å². The van der Waals surface area contributed by atoms with Crippen LogP contribution in [0.2, 0.25) is 0 Å². The zero-order valence-electron chi connectivity index (χ0n) is 30.4. The van der Waals surface area contributed by atoms with Gasteiger partial charge in [0.15, 0.2) is 12.6 Å². The molecule has 2 rings (SSSR count). The molecule has 0 heterocycles. The minimum atomic E-state index is -1.29. The van der Waals surface area contributed by atoms with Gasteiger partial charge < -0.3 is 35.1 Å². The van der Waals surface area contributed by atoms with Gasteiger partial charge in [0.05, 0.1) is 16.4 Å². The Hall–Kier alpha value is -4.02. The highest BCUT2D eigenvalue weighted by Gasteiger charge is 2.26. The molecule has 15 heteroatoms. The van der Waals surface area contributed by atoms with Gasteiger partial charge in [-0.1, -0.05) is 53.7 Å². The molecule has 4 N–H and O–H groups in total. The van der Waals surface area contributed by atoms with Crippen LogP contribution in [0, 0.1) is 20.2 Å². The van der Waals surface area contributed by atoms with E-state index < -0.39 is 28.0 Å². The van der Waals surface area contributed by atoms with Crippen molar-refractivity contribution in [1.82, 2.24) is 5.32 Å². The molecular weight excluding hydrogens is 640 g/mol. The van der Waals surface area contributed by atoms with Crippen LogP contribution in [0.25, 0.3) is 0 Å². The van der Waals surface area contributed by atoms with Crippen LogP contribution in [0.15, 0.2) is 36.4 Å². The van der Waals surface area contributed by atoms with Crippen LogP contribution in [0.5, 0.6) is 0 Å². The summed E-state index contributed by atoms with van der Waals surface area (Å²) in [5.41, 5.74) is 5.53. The molecule has 2 aromatic rings. The number of carboxylic acid groups (broad SMARTS) is 1. The summed E-state index contributed by atoms with van der Waals surface area (Å²) in [6.45, 7) is 21.8. The summed E-state index contributed by atoms with van der Waals surface area (Å²) in [7, 11) is 0. The van der Waals surface area contributed by atoms with Crippen molar-refractivity contribution >= 4 is 23.3 Å². The van der Waals surface area contributed by atoms with Crippen LogP contribution < -0.4 is 11.1 Å². The fourth-order valence-corrected chi connectivity index (χ4v) is 4.04. The van der Waals surface area contributed by atoms with E-state index in [2.05, 4.69) is 5.32 Å². The number of hydrogen-bond acceptors (Lipinski definition) is 11. The van der Waals surface area contributed by atoms with Crippen LogP contribution in [-0.2, 0) is 29.8 Å². The Kier molecular flexibility index (Phi) is 20.1. The molecule has 0 radical (unpaired) electrons. The van der Waals surface area contributed by atoms with E-state index in [4.69, 9.17) is 29.8 Å². The molecule has 49 heavy (non-hydrogen) atoms. The summed E-state index contributed by atoms with van der Waals surface area (Å²) >= 11 is 0. The van der Waals surface area contributed by atoms with Crippen molar-refractivity contribution in [2.24, 2.45) is 5.73 Å². The summed E-state index contributed by atoms with van der Waals surface area (Å²) in [6, 6.07) is 8.90. The zero-order valence-corrected chi connectivity index (χ0v) is 30.4. The number of nitro benzene ring substituents is 2. The minimum Gasteiger partial charge on any atom is -0.477 e. The van der Waals surface area contributed by atoms with E-state index in [0.29, 0.717) is 33.0 Å². The van der Waals surface area contributed by atoms with Crippen molar-refractivity contribution in [3.05, 3.63) is 78.9 Å². The molecule has 0 saturated carbocycles. The van der Waals surface area contributed by atoms with Gasteiger partial charge in [0, 0.05) is 45.1 Å². The van der Waals surface area contributed by atoms with Crippen LogP contribution in [-0.4, -0.2) is 78.9 Å². The second-order valence-corrected chi connectivity index (χ2v) is 12.4. The SMILES string of the molecule is CC(C)(C)c1ccc(C(=O)O)c([N+](=O)[O-])c1.CCOC(CN)OCC.CCOC(CNC(=O)c1ccc(C(C)(C)C)cc1[N+](=O)[O-])OCC. The lowest BCUT2D eigenvalue weighted by molar-refractivity contribution is -0.385. The topological polar surface area (TPSA) is 216 Å². The number of carboxylic acids is 1. The maximum atomic E-state index is 12.3. The fraction of sp³-hybridized carbons (Fsp3) is 0.588. The first-order chi connectivity index (χ1) is 22.8. The Morgan fingerprint density at radius 3 is 1.43 bits per heavy atom. The molecule has 2 aromatic carbocycles. The van der Waals surface area contributed by atoms with Gasteiger partial charge in [-0.05, 0) is 61.8 Å². The molecule has 0 aliphatic rings. The Balaban J connectivity index is 0.000000790. The molecule has 15 nitrogen and oxygen atoms in total. The van der Waals surface area contributed by atoms with Crippen molar-refractivity contribution in [3.63, 3.8) is 0 Å². The largest absolute Gasteiger partial charge is 0.477 e. The highest BCUT2D eigenvalue weighted by Crippen LogP contribution is 2.29. The van der Waals surface area contributed by atoms with Crippen LogP contribution in [0.4, 0.5) is 11.4 Å². The highest BCUT2D eigenvalue weighted by molar-refractivity contribution is 5.98. The van der Waals surface area contributed by atoms with Crippen molar-refractivity contribution in [2.45, 2.75) is 92.6 Å². The smallest absolute Gasteiger partial charge is 0.342 e. The molecule has 0 bridgehead atoms. The molecule has 0 aliphatic carbocycles. The van der Waals surface area contributed by atoms with Gasteiger partial charge in [-0.2, -0.15) is 0 Å². The second kappa shape index (κ2) is 21.8. The first kappa shape index (κ1) is 45.0. The maximum Gasteiger partial charge on any atom is 0.342 e. The van der Waals surface area contributed by atoms with Crippen molar-refractivity contribution in [2.75, 3.05) is 39.5 Å². The Morgan fingerprint density at radius 1 is 0.735 bits per heavy atom. The van der Waals surface area contributed by atoms with E-state index in [-0.39, 0.29) is 46.2 Å². The summed E-state index contributed by atoms with van der Waals surface area (Å²) in [6.07, 6.45) is -0.781. The molecule has 0 saturated heterocycles. The lowest BCUT2D eigenvalue weighted by Crippen LogP contribution is -2.35. The quantitative estimate of drug-likeness (QED) is 0.112. The predicted molar refractivity (Wildman–Crippen MR) is 186 cm³/mol. The summed E-state index contributed by atoms with van der Waals surface area (Å²) in [4.78, 5) is 44.0. The number of carbonyl (C=O) groups excluding carboxylic acids is 1. The fourth-order valence-electron chi connectivity index (χ4n) is 4.04. The normalized spacial score (nSPS) is 11.3. The Morgan fingerprint density at radius 2 is 1.10 bits per heavy atom. The van der Waals surface area contributed by atoms with Gasteiger partial charge in [-0.15, -0.1) is 0 Å². The lowest BCUT2D eigenvalue weighted by Gasteiger charge is -2.20. The van der Waals surface area contributed by atoms with Crippen LogP contribution in [0.3, 0.4) is 0 Å². The Bertz CT molecular complexity index is 1340. The van der Waals surface area contributed by atoms with Gasteiger partial charge in [-0.3, -0.25) is 25.0 Å². The number of ether oxygens (including phenoxy) is 4. The number of benzene rings is 2. The van der Waals surface area contributed by atoms with E-state index in [1.807, 2.05) is 69.2 Å². The summed E-state index contributed by atoms with van der Waals surface area (Å²) in [5, 5.41) is 33.5. The number of hydrogen-bond donors (Lipinski definition) is 3. The molecule has 0 aromatic heterocycles. The number of nitrogens with two attached hydrogens (primary N) is 1. The molecule has 0 spiro atoms. The van der Waals surface area contributed by atoms with Crippen LogP contribution in [0.1, 0.15) is 101 Å². The van der Waals surface area contributed by atoms with E-state index in [1.54, 1.807) is 12.1 Å². The summed E-state index contributed by atoms with van der Waals surface area (Å²) < 4.78 is 20.8. The number of nitro groups is 2. The monoisotopic (exact) mass is 694 g/mol. The standard InChI is InChI=1S/C17H26N2O5.C11H13NO4.C6H15NO2/c1-6-23-15(24-7-2)11-18-16(20)13-9-8-12(17(3,4)5)10-14(13)19(21)22;1-11(2,3)7-4-5-8(10(13)14)9(6-7)12(15)16;1-3-8-6(5-7)9-4-2/h8-10,15H,6-7,11H2,1-5H3,(H,18,20);4-6H,1-3H3,(H,13,14);6H,3-5,7H2,1-2H3. The van der Waals surface area contributed by atoms with E-state index in [1.165, 1.54) is 24.3 Å². The number of rotatable bonds is 15. The molecule has 0 atom stereocenters. The van der Waals surface area contributed by atoms with Crippen LogP contribution >= 0.6 is 0 Å². The highest BCUT2D eigenvalue weighted by atomic mass is 16.7. The van der Waals surface area contributed by atoms with E-state index >= 15 is 0 Å². The second-order valence-electron chi connectivity index (χ2n) is 12.4. The molecule has 1 amide bonds. The minimum absolute atomic E-state index is 0.0275. The average Bonchev–Trinajstić information content (AvgIpc) is 3.02. The third-order valence-corrected chi connectivity index (χ3v) is 6.63. The maximum absolute atomic E-state index is 12.3. The average molecular weight is 695 g/mol. The van der Waals surface area contributed by atoms with E-state index in [9.17, 15) is 29.8 Å². The summed E-state index contributed by atoms with van der Waals surface area (Å²) in [5.74, 6) is -1.81. The van der Waals surface area contributed by atoms with Crippen molar-refractivity contribution in [3.8, 4) is 0 Å². The number of aromatic carboxylic acids is 1.